The average molecular weight is 239 g/mol. The van der Waals surface area contributed by atoms with Gasteiger partial charge in [0.05, 0.1) is 0 Å². The zero-order chi connectivity index (χ0) is 12.4. The summed E-state index contributed by atoms with van der Waals surface area (Å²) in [5, 5.41) is 0. The highest BCUT2D eigenvalue weighted by atomic mass is 19.1. The number of allylic oxidation sites excluding steroid dienone is 1. The van der Waals surface area contributed by atoms with Gasteiger partial charge >= 0.3 is 0 Å². The first-order valence-corrected chi connectivity index (χ1v) is 6.22. The molecule has 18 heavy (non-hydrogen) atoms. The van der Waals surface area contributed by atoms with E-state index in [9.17, 15) is 4.39 Å². The largest absolute Gasteiger partial charge is 0.264 e. The predicted molar refractivity (Wildman–Crippen MR) is 71.4 cm³/mol. The third-order valence-electron chi connectivity index (χ3n) is 3.34. The summed E-state index contributed by atoms with van der Waals surface area (Å²) in [5.74, 6) is -0.160. The smallest absolute Gasteiger partial charge is 0.123 e. The number of rotatable bonds is 1. The standard InChI is InChI=1S/C16H14FN/c17-15-7-6-13-4-1-5-14(16(13)10-15)9-12-3-2-8-18-11-12/h2-3,6-11H,1,4-5H2. The van der Waals surface area contributed by atoms with Gasteiger partial charge in [0.1, 0.15) is 5.82 Å². The Balaban J connectivity index is 2.06. The van der Waals surface area contributed by atoms with Crippen LogP contribution in [-0.2, 0) is 6.42 Å². The number of halogens is 1. The summed E-state index contributed by atoms with van der Waals surface area (Å²) in [5.41, 5.74) is 4.59. The molecular weight excluding hydrogens is 225 g/mol. The molecule has 0 bridgehead atoms. The Kier molecular flexibility index (Phi) is 2.93. The van der Waals surface area contributed by atoms with E-state index in [4.69, 9.17) is 0 Å². The van der Waals surface area contributed by atoms with Crippen molar-refractivity contribution in [3.63, 3.8) is 0 Å². The van der Waals surface area contributed by atoms with Crippen LogP contribution < -0.4 is 0 Å². The number of nitrogens with zero attached hydrogens (tertiary/aromatic N) is 1. The van der Waals surface area contributed by atoms with E-state index < -0.39 is 0 Å². The van der Waals surface area contributed by atoms with Crippen LogP contribution in [0.3, 0.4) is 0 Å². The topological polar surface area (TPSA) is 12.9 Å². The van der Waals surface area contributed by atoms with Crippen LogP contribution in [0.1, 0.15) is 29.5 Å². The molecule has 1 heterocycles. The number of hydrogen-bond donors (Lipinski definition) is 0. The van der Waals surface area contributed by atoms with Crippen LogP contribution in [-0.4, -0.2) is 4.98 Å². The Morgan fingerprint density at radius 3 is 2.94 bits per heavy atom. The normalized spacial score (nSPS) is 16.6. The summed E-state index contributed by atoms with van der Waals surface area (Å²) < 4.78 is 13.4. The molecule has 0 saturated heterocycles. The minimum absolute atomic E-state index is 0.160. The highest BCUT2D eigenvalue weighted by molar-refractivity contribution is 5.83. The van der Waals surface area contributed by atoms with E-state index in [1.54, 1.807) is 18.3 Å². The zero-order valence-corrected chi connectivity index (χ0v) is 10.1. The lowest BCUT2D eigenvalue weighted by Crippen LogP contribution is -2.02. The van der Waals surface area contributed by atoms with Crippen molar-refractivity contribution < 1.29 is 4.39 Å². The van der Waals surface area contributed by atoms with E-state index in [1.165, 1.54) is 11.1 Å². The van der Waals surface area contributed by atoms with Crippen LogP contribution in [0.25, 0.3) is 11.6 Å². The van der Waals surface area contributed by atoms with E-state index in [2.05, 4.69) is 11.1 Å². The maximum absolute atomic E-state index is 13.4. The second-order valence-electron chi connectivity index (χ2n) is 4.61. The van der Waals surface area contributed by atoms with E-state index in [-0.39, 0.29) is 5.82 Å². The molecule has 1 nitrogen and oxygen atoms in total. The first-order valence-electron chi connectivity index (χ1n) is 6.22. The molecule has 2 heteroatoms. The molecule has 3 rings (SSSR count). The number of fused-ring (bicyclic) bond motifs is 1. The monoisotopic (exact) mass is 239 g/mol. The van der Waals surface area contributed by atoms with Gasteiger partial charge in [-0.3, -0.25) is 4.98 Å². The number of pyridine rings is 1. The summed E-state index contributed by atoms with van der Waals surface area (Å²) >= 11 is 0. The molecule has 2 aromatic rings. The van der Waals surface area contributed by atoms with Crippen molar-refractivity contribution in [1.29, 1.82) is 0 Å². The Morgan fingerprint density at radius 1 is 1.17 bits per heavy atom. The van der Waals surface area contributed by atoms with Crippen molar-refractivity contribution in [2.75, 3.05) is 0 Å². The van der Waals surface area contributed by atoms with Gasteiger partial charge in [0.25, 0.3) is 0 Å². The van der Waals surface area contributed by atoms with Crippen LogP contribution >= 0.6 is 0 Å². The van der Waals surface area contributed by atoms with Gasteiger partial charge in [-0.25, -0.2) is 4.39 Å². The van der Waals surface area contributed by atoms with Gasteiger partial charge in [-0.05, 0) is 65.8 Å². The molecule has 1 aliphatic rings. The lowest BCUT2D eigenvalue weighted by atomic mass is 9.86. The van der Waals surface area contributed by atoms with Crippen molar-refractivity contribution in [3.8, 4) is 0 Å². The van der Waals surface area contributed by atoms with Crippen molar-refractivity contribution >= 4 is 11.6 Å². The number of hydrogen-bond acceptors (Lipinski definition) is 1. The quantitative estimate of drug-likeness (QED) is 0.730. The van der Waals surface area contributed by atoms with Crippen LogP contribution in [0.5, 0.6) is 0 Å². The minimum atomic E-state index is -0.160. The summed E-state index contributed by atoms with van der Waals surface area (Å²) in [6, 6.07) is 9.04. The molecule has 0 spiro atoms. The van der Waals surface area contributed by atoms with E-state index in [0.717, 1.165) is 30.4 Å². The molecule has 0 N–H and O–H groups in total. The molecule has 0 fully saturated rings. The van der Waals surface area contributed by atoms with Gasteiger partial charge in [-0.1, -0.05) is 12.1 Å². The van der Waals surface area contributed by atoms with Crippen molar-refractivity contribution in [2.45, 2.75) is 19.3 Å². The SMILES string of the molecule is Fc1ccc2c(c1)C(=Cc1cccnc1)CCC2. The molecule has 1 aliphatic carbocycles. The van der Waals surface area contributed by atoms with Crippen LogP contribution in [0.15, 0.2) is 42.7 Å². The first-order chi connectivity index (χ1) is 8.83. The maximum atomic E-state index is 13.4. The van der Waals surface area contributed by atoms with E-state index in [1.807, 2.05) is 24.4 Å². The minimum Gasteiger partial charge on any atom is -0.264 e. The molecule has 1 aromatic heterocycles. The highest BCUT2D eigenvalue weighted by Crippen LogP contribution is 2.32. The van der Waals surface area contributed by atoms with Crippen molar-refractivity contribution in [1.82, 2.24) is 4.98 Å². The van der Waals surface area contributed by atoms with Gasteiger partial charge in [-0.2, -0.15) is 0 Å². The summed E-state index contributed by atoms with van der Waals surface area (Å²) in [4.78, 5) is 4.11. The summed E-state index contributed by atoms with van der Waals surface area (Å²) in [7, 11) is 0. The summed E-state index contributed by atoms with van der Waals surface area (Å²) in [6.45, 7) is 0. The molecule has 0 atom stereocenters. The second-order valence-corrected chi connectivity index (χ2v) is 4.61. The van der Waals surface area contributed by atoms with Crippen molar-refractivity contribution in [2.24, 2.45) is 0 Å². The van der Waals surface area contributed by atoms with Gasteiger partial charge in [0.15, 0.2) is 0 Å². The second kappa shape index (κ2) is 4.73. The van der Waals surface area contributed by atoms with Gasteiger partial charge in [-0.15, -0.1) is 0 Å². The molecule has 0 aliphatic heterocycles. The first kappa shape index (κ1) is 11.1. The molecule has 1 aromatic carbocycles. The highest BCUT2D eigenvalue weighted by Gasteiger charge is 2.14. The van der Waals surface area contributed by atoms with Gasteiger partial charge < -0.3 is 0 Å². The number of aryl methyl sites for hydroxylation is 1. The fraction of sp³-hybridized carbons (Fsp3) is 0.188. The number of benzene rings is 1. The fourth-order valence-electron chi connectivity index (χ4n) is 2.48. The van der Waals surface area contributed by atoms with Crippen LogP contribution in [0.2, 0.25) is 0 Å². The van der Waals surface area contributed by atoms with Crippen molar-refractivity contribution in [3.05, 3.63) is 65.2 Å². The molecular formula is C16H14FN. The molecule has 0 saturated carbocycles. The average Bonchev–Trinajstić information content (AvgIpc) is 2.41. The third kappa shape index (κ3) is 2.19. The van der Waals surface area contributed by atoms with Crippen LogP contribution in [0.4, 0.5) is 4.39 Å². The Bertz CT molecular complexity index is 587. The summed E-state index contributed by atoms with van der Waals surface area (Å²) in [6.07, 6.45) is 8.89. The van der Waals surface area contributed by atoms with E-state index in [0.29, 0.717) is 0 Å². The van der Waals surface area contributed by atoms with Crippen LogP contribution in [0, 0.1) is 5.82 Å². The molecule has 0 unspecified atom stereocenters. The van der Waals surface area contributed by atoms with Gasteiger partial charge in [0.2, 0.25) is 0 Å². The molecule has 0 amide bonds. The van der Waals surface area contributed by atoms with Gasteiger partial charge in [0, 0.05) is 12.4 Å². The Hall–Kier alpha value is -1.96. The Labute approximate surface area is 106 Å². The Morgan fingerprint density at radius 2 is 2.11 bits per heavy atom. The fourth-order valence-corrected chi connectivity index (χ4v) is 2.48. The third-order valence-corrected chi connectivity index (χ3v) is 3.34. The zero-order valence-electron chi connectivity index (χ0n) is 10.1. The predicted octanol–water partition coefficient (Wildman–Crippen LogP) is 4.10. The molecule has 0 radical (unpaired) electrons. The number of aromatic nitrogens is 1. The lowest BCUT2D eigenvalue weighted by molar-refractivity contribution is 0.625. The van der Waals surface area contributed by atoms with E-state index >= 15 is 0 Å². The lowest BCUT2D eigenvalue weighted by Gasteiger charge is -2.19. The maximum Gasteiger partial charge on any atom is 0.123 e. The molecule has 90 valence electrons.